The Morgan fingerprint density at radius 1 is 0.839 bits per heavy atom. The van der Waals surface area contributed by atoms with Crippen molar-refractivity contribution >= 4 is 24.0 Å². The fourth-order valence-corrected chi connectivity index (χ4v) is 3.35. The van der Waals surface area contributed by atoms with Gasteiger partial charge in [0, 0.05) is 17.1 Å². The minimum Gasteiger partial charge on any atom is -0.496 e. The van der Waals surface area contributed by atoms with Crippen LogP contribution < -0.4 is 19.5 Å². The van der Waals surface area contributed by atoms with Crippen LogP contribution in [0.1, 0.15) is 23.6 Å². The second-order valence-corrected chi connectivity index (χ2v) is 7.27. The molecule has 3 aromatic carbocycles. The van der Waals surface area contributed by atoms with Crippen LogP contribution in [0.3, 0.4) is 0 Å². The molecule has 3 rings (SSSR count). The Bertz CT molecular complexity index is 932. The summed E-state index contributed by atoms with van der Waals surface area (Å²) in [7, 11) is 1.70. The maximum atomic E-state index is 6.17. The van der Waals surface area contributed by atoms with Gasteiger partial charge in [0.15, 0.2) is 11.5 Å². The van der Waals surface area contributed by atoms with Crippen molar-refractivity contribution in [2.45, 2.75) is 26.5 Å². The smallest absolute Gasteiger partial charge is 0.166 e. The maximum Gasteiger partial charge on any atom is 0.166 e. The van der Waals surface area contributed by atoms with E-state index in [0.29, 0.717) is 24.8 Å². The Labute approximate surface area is 195 Å². The summed E-state index contributed by atoms with van der Waals surface area (Å²) in [6.07, 6.45) is 0.885. The van der Waals surface area contributed by atoms with E-state index >= 15 is 0 Å². The number of halogens is 2. The number of hydrogen-bond donors (Lipinski definition) is 1. The molecule has 0 saturated heterocycles. The van der Waals surface area contributed by atoms with Gasteiger partial charge in [0.1, 0.15) is 12.4 Å². The van der Waals surface area contributed by atoms with E-state index in [1.807, 2.05) is 61.5 Å². The lowest BCUT2D eigenvalue weighted by molar-refractivity contribution is 0.266. The van der Waals surface area contributed by atoms with Crippen molar-refractivity contribution < 1.29 is 14.2 Å². The lowest BCUT2D eigenvalue weighted by Crippen LogP contribution is -2.18. The van der Waals surface area contributed by atoms with Crippen LogP contribution in [0.25, 0.3) is 0 Å². The molecule has 3 aromatic rings. The van der Waals surface area contributed by atoms with E-state index in [9.17, 15) is 0 Å². The van der Waals surface area contributed by atoms with Gasteiger partial charge in [-0.3, -0.25) is 0 Å². The summed E-state index contributed by atoms with van der Waals surface area (Å²) in [4.78, 5) is 0. The molecule has 6 heteroatoms. The molecule has 0 aliphatic heterocycles. The van der Waals surface area contributed by atoms with Gasteiger partial charge in [-0.15, -0.1) is 12.4 Å². The Morgan fingerprint density at radius 2 is 1.55 bits per heavy atom. The first kappa shape index (κ1) is 24.9. The molecule has 0 heterocycles. The summed E-state index contributed by atoms with van der Waals surface area (Å²) in [5.74, 6) is 2.46. The van der Waals surface area contributed by atoms with Crippen molar-refractivity contribution in [1.29, 1.82) is 0 Å². The highest BCUT2D eigenvalue weighted by atomic mass is 35.5. The number of methoxy groups -OCH3 is 1. The molecule has 0 aliphatic rings. The average molecular weight is 462 g/mol. The number of hydrogen-bond acceptors (Lipinski definition) is 4. The van der Waals surface area contributed by atoms with Gasteiger partial charge in [0.2, 0.25) is 0 Å². The van der Waals surface area contributed by atoms with E-state index < -0.39 is 0 Å². The number of rotatable bonds is 11. The van der Waals surface area contributed by atoms with Gasteiger partial charge in [0.25, 0.3) is 0 Å². The maximum absolute atomic E-state index is 6.17. The predicted molar refractivity (Wildman–Crippen MR) is 129 cm³/mol. The molecule has 0 amide bonds. The Hall–Kier alpha value is -2.40. The van der Waals surface area contributed by atoms with Gasteiger partial charge < -0.3 is 19.5 Å². The van der Waals surface area contributed by atoms with E-state index in [-0.39, 0.29) is 12.4 Å². The Morgan fingerprint density at radius 3 is 2.29 bits per heavy atom. The van der Waals surface area contributed by atoms with Gasteiger partial charge >= 0.3 is 0 Å². The topological polar surface area (TPSA) is 39.7 Å². The van der Waals surface area contributed by atoms with Crippen molar-refractivity contribution in [1.82, 2.24) is 5.32 Å². The molecule has 0 atom stereocenters. The summed E-state index contributed by atoms with van der Waals surface area (Å²) < 4.78 is 17.4. The first-order chi connectivity index (χ1) is 14.7. The first-order valence-electron chi connectivity index (χ1n) is 10.2. The van der Waals surface area contributed by atoms with Crippen molar-refractivity contribution in [2.75, 3.05) is 20.3 Å². The summed E-state index contributed by atoms with van der Waals surface area (Å²) in [5.41, 5.74) is 3.31. The van der Waals surface area contributed by atoms with Crippen LogP contribution >= 0.6 is 24.0 Å². The molecule has 166 valence electrons. The fraction of sp³-hybridized carbons (Fsp3) is 0.280. The second-order valence-electron chi connectivity index (χ2n) is 6.83. The highest BCUT2D eigenvalue weighted by molar-refractivity contribution is 6.30. The molecule has 0 bridgehead atoms. The molecule has 0 aliphatic carbocycles. The molecule has 31 heavy (non-hydrogen) atoms. The number of nitrogens with one attached hydrogen (secondary N) is 1. The van der Waals surface area contributed by atoms with Gasteiger partial charge in [-0.05, 0) is 55.3 Å². The van der Waals surface area contributed by atoms with Gasteiger partial charge in [-0.25, -0.2) is 0 Å². The Balaban J connectivity index is 0.00000341. The van der Waals surface area contributed by atoms with E-state index in [2.05, 4.69) is 17.4 Å². The standard InChI is InChI=1S/C25H28ClNO3.ClH/c1-3-29-24-10-6-8-21(25(24)30-18-19-11-13-22(26)14-12-19)17-27-16-15-20-7-4-5-9-23(20)28-2;/h4-14,27H,3,15-18H2,1-2H3;1H. The third-order valence-corrected chi connectivity index (χ3v) is 4.99. The third-order valence-electron chi connectivity index (χ3n) is 4.74. The van der Waals surface area contributed by atoms with Crippen LogP contribution in [0, 0.1) is 0 Å². The molecular formula is C25H29Cl2NO3. The normalized spacial score (nSPS) is 10.3. The highest BCUT2D eigenvalue weighted by Crippen LogP contribution is 2.32. The van der Waals surface area contributed by atoms with Crippen molar-refractivity contribution in [2.24, 2.45) is 0 Å². The zero-order valence-corrected chi connectivity index (χ0v) is 19.5. The van der Waals surface area contributed by atoms with Gasteiger partial charge in [-0.2, -0.15) is 0 Å². The quantitative estimate of drug-likeness (QED) is 0.351. The van der Waals surface area contributed by atoms with Crippen LogP contribution in [0.5, 0.6) is 17.2 Å². The monoisotopic (exact) mass is 461 g/mol. The molecule has 0 aromatic heterocycles. The first-order valence-corrected chi connectivity index (χ1v) is 10.5. The van der Waals surface area contributed by atoms with Crippen LogP contribution in [0.4, 0.5) is 0 Å². The summed E-state index contributed by atoms with van der Waals surface area (Å²) in [6.45, 7) is 4.53. The molecule has 0 radical (unpaired) electrons. The van der Waals surface area contributed by atoms with Crippen LogP contribution in [0.15, 0.2) is 66.7 Å². The SMILES string of the molecule is CCOc1cccc(CNCCc2ccccc2OC)c1OCc1ccc(Cl)cc1.Cl. The zero-order chi connectivity index (χ0) is 21.2. The average Bonchev–Trinajstić information content (AvgIpc) is 2.77. The fourth-order valence-electron chi connectivity index (χ4n) is 3.23. The highest BCUT2D eigenvalue weighted by Gasteiger charge is 2.12. The number of benzene rings is 3. The Kier molecular flexibility index (Phi) is 10.5. The van der Waals surface area contributed by atoms with Gasteiger partial charge in [-0.1, -0.05) is 54.1 Å². The van der Waals surface area contributed by atoms with Crippen molar-refractivity contribution in [3.8, 4) is 17.2 Å². The minimum absolute atomic E-state index is 0. The van der Waals surface area contributed by atoms with E-state index in [4.69, 9.17) is 25.8 Å². The molecule has 0 spiro atoms. The summed E-state index contributed by atoms with van der Waals surface area (Å²) in [6, 6.07) is 21.8. The van der Waals surface area contributed by atoms with Crippen molar-refractivity contribution in [3.63, 3.8) is 0 Å². The number of para-hydroxylation sites is 2. The summed E-state index contributed by atoms with van der Waals surface area (Å²) in [5, 5.41) is 4.22. The molecule has 1 N–H and O–H groups in total. The summed E-state index contributed by atoms with van der Waals surface area (Å²) >= 11 is 5.98. The van der Waals surface area contributed by atoms with Crippen LogP contribution in [0.2, 0.25) is 5.02 Å². The zero-order valence-electron chi connectivity index (χ0n) is 17.9. The molecule has 0 saturated carbocycles. The van der Waals surface area contributed by atoms with Crippen LogP contribution in [-0.2, 0) is 19.6 Å². The van der Waals surface area contributed by atoms with Crippen LogP contribution in [-0.4, -0.2) is 20.3 Å². The third kappa shape index (κ3) is 7.35. The molecule has 0 unspecified atom stereocenters. The minimum atomic E-state index is 0. The lowest BCUT2D eigenvalue weighted by Gasteiger charge is -2.17. The van der Waals surface area contributed by atoms with E-state index in [1.165, 1.54) is 5.56 Å². The lowest BCUT2D eigenvalue weighted by atomic mass is 10.1. The molecular weight excluding hydrogens is 433 g/mol. The number of ether oxygens (including phenoxy) is 3. The van der Waals surface area contributed by atoms with E-state index in [0.717, 1.165) is 41.3 Å². The van der Waals surface area contributed by atoms with E-state index in [1.54, 1.807) is 7.11 Å². The second kappa shape index (κ2) is 13.1. The van der Waals surface area contributed by atoms with Gasteiger partial charge in [0.05, 0.1) is 13.7 Å². The molecule has 0 fully saturated rings. The predicted octanol–water partition coefficient (Wildman–Crippen LogP) is 6.08. The largest absolute Gasteiger partial charge is 0.496 e. The van der Waals surface area contributed by atoms with Crippen molar-refractivity contribution in [3.05, 3.63) is 88.4 Å². The molecule has 4 nitrogen and oxygen atoms in total.